The minimum atomic E-state index is 0.763. The predicted octanol–water partition coefficient (Wildman–Crippen LogP) is 9.84. The number of hydrogen-bond donors (Lipinski definition) is 2. The van der Waals surface area contributed by atoms with Gasteiger partial charge in [-0.2, -0.15) is 8.75 Å². The SMILES string of the molecule is CCCCNc1ccccc1C#Cc1ccsc1C#Cc1ccc(C#Cc2sccc2C#Cc2ccccc2NCCCC)c2nsnc12. The smallest absolute Gasteiger partial charge is 0.121 e. The maximum absolute atomic E-state index is 4.58. The molecule has 0 radical (unpaired) electrons. The van der Waals surface area contributed by atoms with Gasteiger partial charge >= 0.3 is 0 Å². The number of hydrogen-bond acceptors (Lipinski definition) is 7. The monoisotopic (exact) mass is 690 g/mol. The number of para-hydroxylation sites is 2. The van der Waals surface area contributed by atoms with Crippen LogP contribution in [0.4, 0.5) is 11.4 Å². The van der Waals surface area contributed by atoms with Crippen LogP contribution < -0.4 is 10.6 Å². The van der Waals surface area contributed by atoms with Crippen LogP contribution in [0, 0.1) is 47.4 Å². The summed E-state index contributed by atoms with van der Waals surface area (Å²) in [5.74, 6) is 26.8. The summed E-state index contributed by atoms with van der Waals surface area (Å²) in [6, 6.07) is 24.4. The van der Waals surface area contributed by atoms with Gasteiger partial charge in [-0.3, -0.25) is 0 Å². The number of rotatable bonds is 8. The van der Waals surface area contributed by atoms with Crippen LogP contribution >= 0.6 is 34.4 Å². The van der Waals surface area contributed by atoms with Crippen molar-refractivity contribution in [3.05, 3.63) is 127 Å². The quantitative estimate of drug-likeness (QED) is 0.123. The van der Waals surface area contributed by atoms with Gasteiger partial charge in [-0.25, -0.2) is 0 Å². The topological polar surface area (TPSA) is 49.8 Å². The first-order valence-corrected chi connectivity index (χ1v) is 18.9. The van der Waals surface area contributed by atoms with Gasteiger partial charge in [-0.1, -0.05) is 86.5 Å². The third-order valence-electron chi connectivity index (χ3n) is 7.58. The van der Waals surface area contributed by atoms with E-state index >= 15 is 0 Å². The molecule has 6 rings (SSSR count). The molecule has 0 spiro atoms. The number of nitrogens with one attached hydrogen (secondary N) is 2. The standard InChI is InChI=1S/C42H34N4S3/c1-3-5-27-43-37-13-9-7-11-31(37)15-17-33-25-29-47-39(33)23-21-35-19-20-36(42-41(35)45-49-46-42)22-24-40-34(26-30-48-40)18-16-32-12-8-10-14-38(32)44-28-6-4-2/h7-14,19-20,25-26,29-30,43-44H,3-6,27-28H2,1-2H3. The van der Waals surface area contributed by atoms with E-state index in [2.05, 4.69) is 105 Å². The van der Waals surface area contributed by atoms with Gasteiger partial charge in [0.25, 0.3) is 0 Å². The molecule has 3 aromatic heterocycles. The molecule has 0 saturated heterocycles. The lowest BCUT2D eigenvalue weighted by molar-refractivity contribution is 0.834. The number of fused-ring (bicyclic) bond motifs is 1. The average Bonchev–Trinajstić information content (AvgIpc) is 3.91. The molecule has 4 nitrogen and oxygen atoms in total. The molecule has 6 aromatic rings. The molecule has 0 saturated carbocycles. The molecule has 0 aliphatic carbocycles. The largest absolute Gasteiger partial charge is 0.384 e. The van der Waals surface area contributed by atoms with Gasteiger partial charge in [-0.05, 0) is 84.0 Å². The predicted molar refractivity (Wildman–Crippen MR) is 210 cm³/mol. The van der Waals surface area contributed by atoms with E-state index in [0.717, 1.165) is 104 Å². The van der Waals surface area contributed by atoms with Crippen LogP contribution in [-0.4, -0.2) is 21.8 Å². The minimum Gasteiger partial charge on any atom is -0.384 e. The molecule has 0 aliphatic rings. The van der Waals surface area contributed by atoms with Crippen LogP contribution in [0.2, 0.25) is 0 Å². The Morgan fingerprint density at radius 3 is 1.39 bits per heavy atom. The normalized spacial score (nSPS) is 10.1. The zero-order chi connectivity index (χ0) is 33.7. The van der Waals surface area contributed by atoms with Gasteiger partial charge in [0.15, 0.2) is 0 Å². The van der Waals surface area contributed by atoms with E-state index in [1.807, 2.05) is 59.3 Å². The van der Waals surface area contributed by atoms with Crippen molar-refractivity contribution in [3.8, 4) is 47.4 Å². The Morgan fingerprint density at radius 1 is 0.490 bits per heavy atom. The molecule has 49 heavy (non-hydrogen) atoms. The Balaban J connectivity index is 1.21. The maximum atomic E-state index is 4.58. The summed E-state index contributed by atoms with van der Waals surface area (Å²) < 4.78 is 9.16. The van der Waals surface area contributed by atoms with Gasteiger partial charge in [0.05, 0.1) is 43.7 Å². The first-order valence-electron chi connectivity index (χ1n) is 16.4. The molecule has 0 amide bonds. The van der Waals surface area contributed by atoms with Gasteiger partial charge in [0.1, 0.15) is 11.0 Å². The van der Waals surface area contributed by atoms with Gasteiger partial charge < -0.3 is 10.6 Å². The van der Waals surface area contributed by atoms with Gasteiger partial charge in [0, 0.05) is 35.6 Å². The molecule has 0 bridgehead atoms. The lowest BCUT2D eigenvalue weighted by atomic mass is 10.1. The zero-order valence-electron chi connectivity index (χ0n) is 27.4. The number of unbranched alkanes of at least 4 members (excludes halogenated alkanes) is 2. The number of nitrogens with zero attached hydrogens (tertiary/aromatic N) is 2. The van der Waals surface area contributed by atoms with Crippen molar-refractivity contribution < 1.29 is 0 Å². The highest BCUT2D eigenvalue weighted by Crippen LogP contribution is 2.23. The molecule has 0 fully saturated rings. The highest BCUT2D eigenvalue weighted by atomic mass is 32.1. The van der Waals surface area contributed by atoms with Crippen molar-refractivity contribution in [2.75, 3.05) is 23.7 Å². The fraction of sp³-hybridized carbons (Fsp3) is 0.190. The summed E-state index contributed by atoms with van der Waals surface area (Å²) in [5, 5.41) is 11.1. The highest BCUT2D eigenvalue weighted by molar-refractivity contribution is 7.11. The minimum absolute atomic E-state index is 0.763. The van der Waals surface area contributed by atoms with Crippen LogP contribution in [0.1, 0.15) is 82.7 Å². The zero-order valence-corrected chi connectivity index (χ0v) is 29.9. The summed E-state index contributed by atoms with van der Waals surface area (Å²) >= 11 is 4.36. The van der Waals surface area contributed by atoms with Crippen LogP contribution in [0.25, 0.3) is 11.0 Å². The summed E-state index contributed by atoms with van der Waals surface area (Å²) in [6.45, 7) is 6.26. The van der Waals surface area contributed by atoms with Crippen molar-refractivity contribution in [2.45, 2.75) is 39.5 Å². The number of thiophene rings is 2. The van der Waals surface area contributed by atoms with E-state index in [0.29, 0.717) is 0 Å². The second-order valence-corrected chi connectivity index (χ2v) is 13.5. The van der Waals surface area contributed by atoms with E-state index in [1.165, 1.54) is 11.7 Å². The Morgan fingerprint density at radius 2 is 0.918 bits per heavy atom. The average molecular weight is 691 g/mol. The van der Waals surface area contributed by atoms with E-state index in [-0.39, 0.29) is 0 Å². The van der Waals surface area contributed by atoms with E-state index in [9.17, 15) is 0 Å². The van der Waals surface area contributed by atoms with Crippen molar-refractivity contribution in [1.82, 2.24) is 8.75 Å². The lowest BCUT2D eigenvalue weighted by Gasteiger charge is -2.07. The fourth-order valence-electron chi connectivity index (χ4n) is 4.89. The van der Waals surface area contributed by atoms with E-state index in [1.54, 1.807) is 22.7 Å². The Hall–Kier alpha value is -5.28. The second-order valence-electron chi connectivity index (χ2n) is 11.1. The van der Waals surface area contributed by atoms with Crippen molar-refractivity contribution >= 4 is 56.8 Å². The van der Waals surface area contributed by atoms with E-state index < -0.39 is 0 Å². The molecule has 240 valence electrons. The van der Waals surface area contributed by atoms with Crippen LogP contribution in [0.5, 0.6) is 0 Å². The molecule has 0 unspecified atom stereocenters. The third kappa shape index (κ3) is 8.80. The molecule has 7 heteroatoms. The molecular weight excluding hydrogens is 657 g/mol. The van der Waals surface area contributed by atoms with Crippen LogP contribution in [0.3, 0.4) is 0 Å². The lowest BCUT2D eigenvalue weighted by Crippen LogP contribution is -2.02. The maximum Gasteiger partial charge on any atom is 0.121 e. The van der Waals surface area contributed by atoms with Crippen molar-refractivity contribution in [3.63, 3.8) is 0 Å². The summed E-state index contributed by atoms with van der Waals surface area (Å²) in [5.41, 5.74) is 9.10. The van der Waals surface area contributed by atoms with Crippen LogP contribution in [-0.2, 0) is 0 Å². The number of aromatic nitrogens is 2. The fourth-order valence-corrected chi connectivity index (χ4v) is 6.85. The third-order valence-corrected chi connectivity index (χ3v) is 9.76. The molecule has 3 aromatic carbocycles. The Bertz CT molecular complexity index is 2150. The summed E-state index contributed by atoms with van der Waals surface area (Å²) in [7, 11) is 0. The molecule has 0 aliphatic heterocycles. The molecule has 3 heterocycles. The van der Waals surface area contributed by atoms with Crippen molar-refractivity contribution in [2.24, 2.45) is 0 Å². The Labute approximate surface area is 301 Å². The summed E-state index contributed by atoms with van der Waals surface area (Å²) in [6.07, 6.45) is 4.55. The summed E-state index contributed by atoms with van der Waals surface area (Å²) in [4.78, 5) is 1.85. The molecular formula is C42H34N4S3. The number of anilines is 2. The Kier molecular flexibility index (Phi) is 11.8. The highest BCUT2D eigenvalue weighted by Gasteiger charge is 2.09. The second kappa shape index (κ2) is 17.2. The molecule has 2 N–H and O–H groups in total. The number of benzene rings is 3. The van der Waals surface area contributed by atoms with Gasteiger partial charge in [-0.15, -0.1) is 22.7 Å². The molecule has 0 atom stereocenters. The van der Waals surface area contributed by atoms with Gasteiger partial charge in [0.2, 0.25) is 0 Å². The first kappa shape index (κ1) is 33.6. The first-order chi connectivity index (χ1) is 24.2. The van der Waals surface area contributed by atoms with Crippen LogP contribution in [0.15, 0.2) is 83.6 Å². The van der Waals surface area contributed by atoms with Crippen molar-refractivity contribution in [1.29, 1.82) is 0 Å². The van der Waals surface area contributed by atoms with E-state index in [4.69, 9.17) is 0 Å².